The molecule has 5 heteroatoms. The van der Waals surface area contributed by atoms with Gasteiger partial charge >= 0.3 is 6.09 Å². The number of nitrogens with zero attached hydrogens (tertiary/aromatic N) is 1. The Morgan fingerprint density at radius 1 is 1.44 bits per heavy atom. The molecule has 1 saturated heterocycles. The standard InChI is InChI=1S/C13H16N2O3/c1-8-4-5-9(2)10(6-8)14-12(16)11-7-18-13(17)15(11)3/h4-6,11H,7H2,1-3H3,(H,14,16). The smallest absolute Gasteiger partial charge is 0.410 e. The van der Waals surface area contributed by atoms with Gasteiger partial charge in [-0.15, -0.1) is 0 Å². The van der Waals surface area contributed by atoms with E-state index in [0.717, 1.165) is 16.8 Å². The molecular weight excluding hydrogens is 232 g/mol. The number of carbonyl (C=O) groups is 2. The van der Waals surface area contributed by atoms with Gasteiger partial charge in [0.15, 0.2) is 0 Å². The Morgan fingerprint density at radius 3 is 2.78 bits per heavy atom. The van der Waals surface area contributed by atoms with Crippen LogP contribution in [0, 0.1) is 13.8 Å². The number of benzene rings is 1. The maximum atomic E-state index is 12.0. The molecule has 1 aliphatic rings. The van der Waals surface area contributed by atoms with Crippen molar-refractivity contribution in [1.29, 1.82) is 0 Å². The van der Waals surface area contributed by atoms with Crippen molar-refractivity contribution in [2.45, 2.75) is 19.9 Å². The summed E-state index contributed by atoms with van der Waals surface area (Å²) in [4.78, 5) is 24.5. The zero-order valence-electron chi connectivity index (χ0n) is 10.7. The molecule has 1 heterocycles. The lowest BCUT2D eigenvalue weighted by molar-refractivity contribution is -0.119. The molecule has 2 rings (SSSR count). The van der Waals surface area contributed by atoms with Gasteiger partial charge in [0.25, 0.3) is 5.91 Å². The van der Waals surface area contributed by atoms with Crippen molar-refractivity contribution in [1.82, 2.24) is 4.90 Å². The highest BCUT2D eigenvalue weighted by Crippen LogP contribution is 2.18. The fourth-order valence-corrected chi connectivity index (χ4v) is 1.83. The number of aryl methyl sites for hydroxylation is 2. The van der Waals surface area contributed by atoms with Gasteiger partial charge in [-0.05, 0) is 31.0 Å². The van der Waals surface area contributed by atoms with E-state index in [4.69, 9.17) is 4.74 Å². The maximum Gasteiger partial charge on any atom is 0.410 e. The first-order chi connectivity index (χ1) is 8.49. The first kappa shape index (κ1) is 12.4. The third-order valence-corrected chi connectivity index (χ3v) is 3.07. The Bertz CT molecular complexity index is 499. The van der Waals surface area contributed by atoms with Gasteiger partial charge in [0.05, 0.1) is 0 Å². The van der Waals surface area contributed by atoms with Crippen LogP contribution in [-0.2, 0) is 9.53 Å². The molecule has 0 aromatic heterocycles. The Balaban J connectivity index is 2.12. The van der Waals surface area contributed by atoms with Crippen LogP contribution in [0.25, 0.3) is 0 Å². The molecule has 0 saturated carbocycles. The summed E-state index contributed by atoms with van der Waals surface area (Å²) >= 11 is 0. The summed E-state index contributed by atoms with van der Waals surface area (Å²) in [6, 6.07) is 5.28. The first-order valence-electron chi connectivity index (χ1n) is 5.77. The van der Waals surface area contributed by atoms with Crippen molar-refractivity contribution < 1.29 is 14.3 Å². The fraction of sp³-hybridized carbons (Fsp3) is 0.385. The van der Waals surface area contributed by atoms with E-state index in [1.165, 1.54) is 4.90 Å². The van der Waals surface area contributed by atoms with Crippen molar-refractivity contribution in [3.8, 4) is 0 Å². The van der Waals surface area contributed by atoms with Crippen LogP contribution in [0.15, 0.2) is 18.2 Å². The number of carbonyl (C=O) groups excluding carboxylic acids is 2. The number of hydrogen-bond donors (Lipinski definition) is 1. The van der Waals surface area contributed by atoms with Gasteiger partial charge in [-0.1, -0.05) is 12.1 Å². The van der Waals surface area contributed by atoms with Crippen LogP contribution in [0.2, 0.25) is 0 Å². The number of likely N-dealkylation sites (N-methyl/N-ethyl adjacent to an activating group) is 1. The van der Waals surface area contributed by atoms with E-state index in [9.17, 15) is 9.59 Å². The van der Waals surface area contributed by atoms with Gasteiger partial charge in [-0.25, -0.2) is 4.79 Å². The lowest BCUT2D eigenvalue weighted by Gasteiger charge is -2.16. The molecule has 1 fully saturated rings. The van der Waals surface area contributed by atoms with Gasteiger partial charge in [0, 0.05) is 12.7 Å². The molecule has 1 aromatic rings. The molecule has 5 nitrogen and oxygen atoms in total. The third kappa shape index (κ3) is 2.30. The number of nitrogens with one attached hydrogen (secondary N) is 1. The molecule has 2 amide bonds. The molecular formula is C13H16N2O3. The highest BCUT2D eigenvalue weighted by Gasteiger charge is 2.35. The van der Waals surface area contributed by atoms with Gasteiger partial charge < -0.3 is 10.1 Å². The van der Waals surface area contributed by atoms with Crippen LogP contribution in [0.3, 0.4) is 0 Å². The molecule has 1 aromatic carbocycles. The van der Waals surface area contributed by atoms with Crippen LogP contribution in [0.4, 0.5) is 10.5 Å². The number of cyclic esters (lactones) is 1. The van der Waals surface area contributed by atoms with Crippen molar-refractivity contribution in [3.63, 3.8) is 0 Å². The average molecular weight is 248 g/mol. The molecule has 1 unspecified atom stereocenters. The maximum absolute atomic E-state index is 12.0. The Labute approximate surface area is 106 Å². The van der Waals surface area contributed by atoms with Crippen molar-refractivity contribution in [3.05, 3.63) is 29.3 Å². The van der Waals surface area contributed by atoms with E-state index in [2.05, 4.69) is 5.32 Å². The number of amides is 2. The summed E-state index contributed by atoms with van der Waals surface area (Å²) in [6.07, 6.45) is -0.462. The highest BCUT2D eigenvalue weighted by atomic mass is 16.6. The van der Waals surface area contributed by atoms with Crippen LogP contribution in [0.1, 0.15) is 11.1 Å². The monoisotopic (exact) mass is 248 g/mol. The molecule has 0 aliphatic carbocycles. The van der Waals surface area contributed by atoms with E-state index in [1.807, 2.05) is 32.0 Å². The molecule has 0 spiro atoms. The first-order valence-corrected chi connectivity index (χ1v) is 5.77. The quantitative estimate of drug-likeness (QED) is 0.866. The summed E-state index contributed by atoms with van der Waals surface area (Å²) in [5.74, 6) is -0.225. The largest absolute Gasteiger partial charge is 0.447 e. The predicted molar refractivity (Wildman–Crippen MR) is 67.4 cm³/mol. The molecule has 0 bridgehead atoms. The summed E-state index contributed by atoms with van der Waals surface area (Å²) in [6.45, 7) is 3.99. The molecule has 1 N–H and O–H groups in total. The van der Waals surface area contributed by atoms with Gasteiger partial charge in [0.2, 0.25) is 0 Å². The van der Waals surface area contributed by atoms with E-state index >= 15 is 0 Å². The molecule has 0 radical (unpaired) electrons. The Kier molecular flexibility index (Phi) is 3.23. The van der Waals surface area contributed by atoms with Gasteiger partial charge in [0.1, 0.15) is 12.6 Å². The fourth-order valence-electron chi connectivity index (χ4n) is 1.83. The van der Waals surface area contributed by atoms with Crippen molar-refractivity contribution in [2.75, 3.05) is 19.0 Å². The number of hydrogen-bond acceptors (Lipinski definition) is 3. The molecule has 1 aliphatic heterocycles. The Hall–Kier alpha value is -2.04. The van der Waals surface area contributed by atoms with E-state index in [-0.39, 0.29) is 12.5 Å². The van der Waals surface area contributed by atoms with E-state index in [1.54, 1.807) is 7.05 Å². The second-order valence-corrected chi connectivity index (χ2v) is 4.51. The summed E-state index contributed by atoms with van der Waals surface area (Å²) in [5, 5.41) is 2.83. The lowest BCUT2D eigenvalue weighted by atomic mass is 10.1. The molecule has 96 valence electrons. The highest BCUT2D eigenvalue weighted by molar-refractivity contribution is 5.98. The predicted octanol–water partition coefficient (Wildman–Crippen LogP) is 1.69. The lowest BCUT2D eigenvalue weighted by Crippen LogP contribution is -2.40. The minimum Gasteiger partial charge on any atom is -0.447 e. The number of anilines is 1. The second kappa shape index (κ2) is 4.68. The van der Waals surface area contributed by atoms with Gasteiger partial charge in [-0.2, -0.15) is 0 Å². The minimum atomic E-state index is -0.558. The topological polar surface area (TPSA) is 58.6 Å². The zero-order chi connectivity index (χ0) is 13.3. The Morgan fingerprint density at radius 2 is 2.17 bits per heavy atom. The van der Waals surface area contributed by atoms with Crippen LogP contribution in [0.5, 0.6) is 0 Å². The van der Waals surface area contributed by atoms with E-state index in [0.29, 0.717) is 0 Å². The van der Waals surface area contributed by atoms with Crippen LogP contribution < -0.4 is 5.32 Å². The molecule has 18 heavy (non-hydrogen) atoms. The summed E-state index contributed by atoms with van der Waals surface area (Å²) < 4.78 is 4.82. The van der Waals surface area contributed by atoms with Crippen LogP contribution in [-0.4, -0.2) is 36.6 Å². The minimum absolute atomic E-state index is 0.103. The third-order valence-electron chi connectivity index (χ3n) is 3.07. The average Bonchev–Trinajstić information content (AvgIpc) is 2.65. The molecule has 1 atom stereocenters. The second-order valence-electron chi connectivity index (χ2n) is 4.51. The zero-order valence-corrected chi connectivity index (χ0v) is 10.7. The number of rotatable bonds is 2. The normalized spacial score (nSPS) is 18.7. The van der Waals surface area contributed by atoms with Gasteiger partial charge in [-0.3, -0.25) is 9.69 Å². The van der Waals surface area contributed by atoms with Crippen molar-refractivity contribution in [2.24, 2.45) is 0 Å². The number of ether oxygens (including phenoxy) is 1. The van der Waals surface area contributed by atoms with Crippen molar-refractivity contribution >= 4 is 17.7 Å². The summed E-state index contributed by atoms with van der Waals surface area (Å²) in [5.41, 5.74) is 2.83. The van der Waals surface area contributed by atoms with Crippen LogP contribution >= 0.6 is 0 Å². The van der Waals surface area contributed by atoms with E-state index < -0.39 is 12.1 Å². The SMILES string of the molecule is Cc1ccc(C)c(NC(=O)C2COC(=O)N2C)c1. The summed E-state index contributed by atoms with van der Waals surface area (Å²) in [7, 11) is 1.56.